The molecule has 1 aromatic rings. The van der Waals surface area contributed by atoms with Crippen LogP contribution in [-0.4, -0.2) is 15.0 Å². The molecule has 0 aliphatic carbocycles. The quantitative estimate of drug-likeness (QED) is 0.517. The lowest BCUT2D eigenvalue weighted by atomic mass is 10.5. The number of pyridine rings is 1. The number of hydrogen-bond acceptors (Lipinski definition) is 3. The predicted molar refractivity (Wildman–Crippen MR) is 47.1 cm³/mol. The molecule has 0 saturated carbocycles. The normalized spacial score (nSPS) is 11.1. The summed E-state index contributed by atoms with van der Waals surface area (Å²) in [5.74, 6) is 0. The lowest BCUT2D eigenvalue weighted by Crippen LogP contribution is -2.43. The fraction of sp³-hybridized carbons (Fsp3) is 0.125. The molecule has 0 spiro atoms. The first-order valence-electron chi connectivity index (χ1n) is 3.64. The largest absolute Gasteiger partial charge is 0.514 e. The Labute approximate surface area is 77.3 Å². The Balaban J connectivity index is 2.88. The van der Waals surface area contributed by atoms with Crippen molar-refractivity contribution in [1.29, 1.82) is 0 Å². The van der Waals surface area contributed by atoms with Crippen molar-refractivity contribution in [2.24, 2.45) is 0 Å². The number of rotatable bonds is 4. The van der Waals surface area contributed by atoms with Gasteiger partial charge in [0.05, 0.1) is 6.61 Å². The molecular weight excluding hydrogens is 190 g/mol. The molecule has 1 aromatic heterocycles. The molecule has 0 N–H and O–H groups in total. The summed E-state index contributed by atoms with van der Waals surface area (Å²) in [6, 6.07) is 4.93. The van der Waals surface area contributed by atoms with Gasteiger partial charge in [0.25, 0.3) is 0 Å². The smallest absolute Gasteiger partial charge is 0.213 e. The van der Waals surface area contributed by atoms with Crippen LogP contribution < -0.4 is 3.97 Å². The lowest BCUT2D eigenvalue weighted by molar-refractivity contribution is -0.520. The molecule has 70 valence electrons. The Morgan fingerprint density at radius 1 is 1.31 bits per heavy atom. The fourth-order valence-electron chi connectivity index (χ4n) is 0.727. The van der Waals surface area contributed by atoms with Gasteiger partial charge in [-0.2, -0.15) is 0 Å². The maximum atomic E-state index is 11.3. The predicted octanol–water partition coefficient (Wildman–Crippen LogP) is 0.270. The van der Waals surface area contributed by atoms with Gasteiger partial charge in [-0.05, 0) is 0 Å². The fourth-order valence-corrected chi connectivity index (χ4v) is 1.56. The zero-order valence-electron chi connectivity index (χ0n) is 6.96. The highest BCUT2D eigenvalue weighted by molar-refractivity contribution is 7.80. The van der Waals surface area contributed by atoms with Crippen molar-refractivity contribution in [1.82, 2.24) is 0 Å². The van der Waals surface area contributed by atoms with E-state index in [0.29, 0.717) is 0 Å². The van der Waals surface area contributed by atoms with Crippen LogP contribution in [0.15, 0.2) is 43.2 Å². The van der Waals surface area contributed by atoms with Crippen LogP contribution in [0.1, 0.15) is 0 Å². The van der Waals surface area contributed by atoms with E-state index in [1.807, 2.05) is 0 Å². The molecule has 0 aliphatic rings. The second-order valence-electron chi connectivity index (χ2n) is 2.24. The standard InChI is InChI=1S/C8H10NO3S/c1-2-8-12-13(10,11)9-6-4-3-5-7-9/h2-7H,1,8H2/q+1. The van der Waals surface area contributed by atoms with Crippen molar-refractivity contribution in [2.45, 2.75) is 0 Å². The molecule has 0 aliphatic heterocycles. The lowest BCUT2D eigenvalue weighted by Gasteiger charge is -1.95. The molecule has 0 unspecified atom stereocenters. The van der Waals surface area contributed by atoms with Gasteiger partial charge in [0.1, 0.15) is 0 Å². The van der Waals surface area contributed by atoms with Gasteiger partial charge >= 0.3 is 10.3 Å². The molecule has 1 rings (SSSR count). The summed E-state index contributed by atoms with van der Waals surface area (Å²) in [7, 11) is -3.68. The van der Waals surface area contributed by atoms with Gasteiger partial charge in [-0.1, -0.05) is 16.1 Å². The Kier molecular flexibility index (Phi) is 3.16. The van der Waals surface area contributed by atoms with E-state index >= 15 is 0 Å². The SMILES string of the molecule is C=CCOS(=O)(=O)[n+]1ccccc1. The second kappa shape index (κ2) is 4.15. The summed E-state index contributed by atoms with van der Waals surface area (Å²) in [5.41, 5.74) is 0. The highest BCUT2D eigenvalue weighted by Gasteiger charge is 2.20. The molecule has 0 fully saturated rings. The third-order valence-corrected chi connectivity index (χ3v) is 2.47. The third-order valence-electron chi connectivity index (χ3n) is 1.28. The van der Waals surface area contributed by atoms with Crippen LogP contribution in [0, 0.1) is 0 Å². The topological polar surface area (TPSA) is 47.3 Å². The number of nitrogens with zero attached hydrogens (tertiary/aromatic N) is 1. The highest BCUT2D eigenvalue weighted by atomic mass is 32.2. The second-order valence-corrected chi connectivity index (χ2v) is 3.75. The average Bonchev–Trinajstić information content (AvgIpc) is 2.16. The van der Waals surface area contributed by atoms with E-state index in [-0.39, 0.29) is 6.61 Å². The molecular formula is C8H10NO3S+. The molecule has 5 heteroatoms. The summed E-state index contributed by atoms with van der Waals surface area (Å²) in [6.45, 7) is 3.34. The Morgan fingerprint density at radius 2 is 1.92 bits per heavy atom. The van der Waals surface area contributed by atoms with Crippen molar-refractivity contribution < 1.29 is 16.6 Å². The van der Waals surface area contributed by atoms with Crippen LogP contribution in [0.25, 0.3) is 0 Å². The minimum Gasteiger partial charge on any atom is -0.213 e. The Morgan fingerprint density at radius 3 is 2.46 bits per heavy atom. The van der Waals surface area contributed by atoms with Gasteiger partial charge in [0.15, 0.2) is 12.4 Å². The molecule has 0 saturated heterocycles. The maximum absolute atomic E-state index is 11.3. The van der Waals surface area contributed by atoms with Crippen molar-refractivity contribution in [3.63, 3.8) is 0 Å². The van der Waals surface area contributed by atoms with Gasteiger partial charge in [0, 0.05) is 12.1 Å². The van der Waals surface area contributed by atoms with E-state index in [4.69, 9.17) is 0 Å². The molecule has 1 heterocycles. The van der Waals surface area contributed by atoms with E-state index in [0.717, 1.165) is 3.97 Å². The Hall–Kier alpha value is -1.20. The molecule has 0 atom stereocenters. The first-order valence-corrected chi connectivity index (χ1v) is 5.00. The number of hydrogen-bond donors (Lipinski definition) is 0. The maximum Gasteiger partial charge on any atom is 0.514 e. The first-order chi connectivity index (χ1) is 6.17. The van der Waals surface area contributed by atoms with E-state index < -0.39 is 10.3 Å². The molecule has 0 bridgehead atoms. The zero-order chi connectivity index (χ0) is 9.73. The molecule has 13 heavy (non-hydrogen) atoms. The highest BCUT2D eigenvalue weighted by Crippen LogP contribution is 1.88. The first kappa shape index (κ1) is 9.88. The van der Waals surface area contributed by atoms with Gasteiger partial charge in [-0.3, -0.25) is 0 Å². The Bertz CT molecular complexity index is 372. The average molecular weight is 200 g/mol. The van der Waals surface area contributed by atoms with Crippen LogP contribution >= 0.6 is 0 Å². The van der Waals surface area contributed by atoms with E-state index in [2.05, 4.69) is 10.8 Å². The molecule has 0 radical (unpaired) electrons. The van der Waals surface area contributed by atoms with Crippen LogP contribution in [0.4, 0.5) is 0 Å². The summed E-state index contributed by atoms with van der Waals surface area (Å²) in [6.07, 6.45) is 4.18. The minimum absolute atomic E-state index is 0.0236. The van der Waals surface area contributed by atoms with Crippen molar-refractivity contribution in [2.75, 3.05) is 6.61 Å². The zero-order valence-corrected chi connectivity index (χ0v) is 7.78. The summed E-state index contributed by atoms with van der Waals surface area (Å²) < 4.78 is 28.1. The number of aromatic nitrogens is 1. The molecule has 0 aromatic carbocycles. The molecule has 4 nitrogen and oxygen atoms in total. The van der Waals surface area contributed by atoms with E-state index in [9.17, 15) is 8.42 Å². The van der Waals surface area contributed by atoms with Crippen LogP contribution in [0.5, 0.6) is 0 Å². The van der Waals surface area contributed by atoms with E-state index in [1.54, 1.807) is 18.2 Å². The summed E-state index contributed by atoms with van der Waals surface area (Å²) >= 11 is 0. The van der Waals surface area contributed by atoms with Crippen LogP contribution in [0.3, 0.4) is 0 Å². The van der Waals surface area contributed by atoms with Crippen molar-refractivity contribution in [3.05, 3.63) is 43.2 Å². The monoisotopic (exact) mass is 200 g/mol. The summed E-state index contributed by atoms with van der Waals surface area (Å²) in [4.78, 5) is 0. The van der Waals surface area contributed by atoms with Gasteiger partial charge in [0.2, 0.25) is 0 Å². The van der Waals surface area contributed by atoms with E-state index in [1.165, 1.54) is 18.5 Å². The van der Waals surface area contributed by atoms with Crippen molar-refractivity contribution in [3.8, 4) is 0 Å². The van der Waals surface area contributed by atoms with Crippen LogP contribution in [-0.2, 0) is 14.5 Å². The van der Waals surface area contributed by atoms with Gasteiger partial charge < -0.3 is 0 Å². The van der Waals surface area contributed by atoms with Crippen LogP contribution in [0.2, 0.25) is 0 Å². The third kappa shape index (κ3) is 2.64. The van der Waals surface area contributed by atoms with Crippen molar-refractivity contribution >= 4 is 10.3 Å². The van der Waals surface area contributed by atoms with Gasteiger partial charge in [-0.25, -0.2) is 4.18 Å². The minimum atomic E-state index is -3.68. The molecule has 0 amide bonds. The van der Waals surface area contributed by atoms with Gasteiger partial charge in [-0.15, -0.1) is 15.0 Å². The summed E-state index contributed by atoms with van der Waals surface area (Å²) in [5, 5.41) is 0.